The van der Waals surface area contributed by atoms with Gasteiger partial charge in [0.2, 0.25) is 0 Å². The van der Waals surface area contributed by atoms with Crippen molar-refractivity contribution in [1.29, 1.82) is 0 Å². The Labute approximate surface area is 114 Å². The van der Waals surface area contributed by atoms with Gasteiger partial charge in [-0.2, -0.15) is 0 Å². The first kappa shape index (κ1) is 15.8. The zero-order chi connectivity index (χ0) is 14.3. The molecule has 1 saturated heterocycles. The fourth-order valence-corrected chi connectivity index (χ4v) is 2.00. The van der Waals surface area contributed by atoms with Gasteiger partial charge < -0.3 is 20.1 Å². The minimum atomic E-state index is -0.612. The first-order valence-electron chi connectivity index (χ1n) is 6.82. The van der Waals surface area contributed by atoms with Crippen molar-refractivity contribution >= 4 is 12.0 Å². The van der Waals surface area contributed by atoms with Gasteiger partial charge in [0, 0.05) is 13.2 Å². The summed E-state index contributed by atoms with van der Waals surface area (Å²) in [6.07, 6.45) is 2.87. The molecule has 0 unspecified atom stereocenters. The molecule has 0 spiro atoms. The molecule has 19 heavy (non-hydrogen) atoms. The number of hydrogen-bond donors (Lipinski definition) is 2. The van der Waals surface area contributed by atoms with Crippen molar-refractivity contribution < 1.29 is 19.1 Å². The van der Waals surface area contributed by atoms with E-state index >= 15 is 0 Å². The summed E-state index contributed by atoms with van der Waals surface area (Å²) in [7, 11) is 1.32. The van der Waals surface area contributed by atoms with Gasteiger partial charge in [-0.25, -0.2) is 9.59 Å². The smallest absolute Gasteiger partial charge is 0.328 e. The predicted molar refractivity (Wildman–Crippen MR) is 70.8 cm³/mol. The number of carbonyl (C=O) groups excluding carboxylic acids is 2. The minimum Gasteiger partial charge on any atom is -0.467 e. The van der Waals surface area contributed by atoms with Gasteiger partial charge in [-0.15, -0.1) is 0 Å². The fourth-order valence-electron chi connectivity index (χ4n) is 2.00. The second-order valence-corrected chi connectivity index (χ2v) is 4.88. The van der Waals surface area contributed by atoms with Crippen molar-refractivity contribution in [2.45, 2.75) is 45.3 Å². The highest BCUT2D eigenvalue weighted by Crippen LogP contribution is 2.11. The number of nitrogens with one attached hydrogen (secondary N) is 2. The molecule has 2 amide bonds. The van der Waals surface area contributed by atoms with Crippen molar-refractivity contribution in [3.05, 3.63) is 0 Å². The third kappa shape index (κ3) is 5.06. The Hall–Kier alpha value is -1.30. The monoisotopic (exact) mass is 272 g/mol. The van der Waals surface area contributed by atoms with Crippen LogP contribution in [0, 0.1) is 5.92 Å². The van der Waals surface area contributed by atoms with Crippen LogP contribution in [-0.4, -0.2) is 44.4 Å². The molecule has 1 rings (SSSR count). The molecule has 0 aromatic rings. The highest BCUT2D eigenvalue weighted by atomic mass is 16.5. The van der Waals surface area contributed by atoms with E-state index < -0.39 is 12.0 Å². The van der Waals surface area contributed by atoms with E-state index in [1.807, 2.05) is 13.8 Å². The van der Waals surface area contributed by atoms with Crippen LogP contribution in [0.5, 0.6) is 0 Å². The molecule has 0 aliphatic carbocycles. The summed E-state index contributed by atoms with van der Waals surface area (Å²) in [6.45, 7) is 5.10. The Balaban J connectivity index is 2.39. The van der Waals surface area contributed by atoms with Crippen LogP contribution >= 0.6 is 0 Å². The van der Waals surface area contributed by atoms with Crippen molar-refractivity contribution in [2.75, 3.05) is 20.3 Å². The van der Waals surface area contributed by atoms with Crippen molar-refractivity contribution in [3.63, 3.8) is 0 Å². The van der Waals surface area contributed by atoms with E-state index in [2.05, 4.69) is 10.6 Å². The van der Waals surface area contributed by atoms with E-state index in [-0.39, 0.29) is 18.1 Å². The van der Waals surface area contributed by atoms with Gasteiger partial charge in [0.15, 0.2) is 0 Å². The van der Waals surface area contributed by atoms with Gasteiger partial charge >= 0.3 is 12.0 Å². The quantitative estimate of drug-likeness (QED) is 0.709. The topological polar surface area (TPSA) is 76.7 Å². The number of urea groups is 1. The minimum absolute atomic E-state index is 0.0286. The summed E-state index contributed by atoms with van der Waals surface area (Å²) in [6, 6.07) is -0.967. The molecule has 110 valence electrons. The van der Waals surface area contributed by atoms with Crippen LogP contribution in [0.3, 0.4) is 0 Å². The molecular formula is C13H24N2O4. The molecule has 3 atom stereocenters. The molecule has 1 heterocycles. The highest BCUT2D eigenvalue weighted by Gasteiger charge is 2.27. The van der Waals surface area contributed by atoms with Gasteiger partial charge in [-0.05, 0) is 18.8 Å². The van der Waals surface area contributed by atoms with Gasteiger partial charge in [0.05, 0.1) is 13.2 Å². The lowest BCUT2D eigenvalue weighted by Crippen LogP contribution is -2.50. The van der Waals surface area contributed by atoms with E-state index in [1.165, 1.54) is 7.11 Å². The van der Waals surface area contributed by atoms with E-state index in [1.54, 1.807) is 0 Å². The maximum absolute atomic E-state index is 11.8. The van der Waals surface area contributed by atoms with Gasteiger partial charge in [-0.3, -0.25) is 0 Å². The van der Waals surface area contributed by atoms with Crippen LogP contribution in [-0.2, 0) is 14.3 Å². The fraction of sp³-hybridized carbons (Fsp3) is 0.846. The number of esters is 1. The van der Waals surface area contributed by atoms with Gasteiger partial charge in [0.1, 0.15) is 6.04 Å². The number of carbonyl (C=O) groups is 2. The second-order valence-electron chi connectivity index (χ2n) is 4.88. The third-order valence-corrected chi connectivity index (χ3v) is 3.47. The number of amides is 2. The molecule has 0 aromatic carbocycles. The first-order chi connectivity index (χ1) is 9.08. The summed E-state index contributed by atoms with van der Waals surface area (Å²) in [5.74, 6) is -0.387. The Bertz CT molecular complexity index is 303. The number of methoxy groups -OCH3 is 1. The Kier molecular flexibility index (Phi) is 6.62. The molecule has 2 N–H and O–H groups in total. The molecular weight excluding hydrogens is 248 g/mol. The zero-order valence-electron chi connectivity index (χ0n) is 11.9. The van der Waals surface area contributed by atoms with E-state index in [0.29, 0.717) is 6.54 Å². The Morgan fingerprint density at radius 2 is 2.21 bits per heavy atom. The van der Waals surface area contributed by atoms with Crippen molar-refractivity contribution in [3.8, 4) is 0 Å². The normalized spacial score (nSPS) is 21.5. The lowest BCUT2D eigenvalue weighted by molar-refractivity contribution is -0.144. The molecule has 1 aliphatic rings. The van der Waals surface area contributed by atoms with Crippen molar-refractivity contribution in [1.82, 2.24) is 10.6 Å². The van der Waals surface area contributed by atoms with Crippen LogP contribution in [0.2, 0.25) is 0 Å². The molecule has 6 nitrogen and oxygen atoms in total. The Morgan fingerprint density at radius 3 is 2.74 bits per heavy atom. The second kappa shape index (κ2) is 7.99. The lowest BCUT2D eigenvalue weighted by Gasteiger charge is -2.22. The van der Waals surface area contributed by atoms with Crippen LogP contribution in [0.4, 0.5) is 4.79 Å². The molecule has 0 saturated carbocycles. The summed E-state index contributed by atoms with van der Waals surface area (Å²) in [5.41, 5.74) is 0. The molecule has 6 heteroatoms. The zero-order valence-corrected chi connectivity index (χ0v) is 11.9. The largest absolute Gasteiger partial charge is 0.467 e. The number of hydrogen-bond acceptors (Lipinski definition) is 4. The summed E-state index contributed by atoms with van der Waals surface area (Å²) >= 11 is 0. The molecule has 0 radical (unpaired) electrons. The average molecular weight is 272 g/mol. The van der Waals surface area contributed by atoms with Crippen LogP contribution in [0.25, 0.3) is 0 Å². The summed E-state index contributed by atoms with van der Waals surface area (Å²) in [5, 5.41) is 5.39. The molecule has 0 bridgehead atoms. The standard InChI is InChI=1S/C13H24N2O4/c1-4-9(2)11(12(16)18-3)15-13(17)14-8-10-6-5-7-19-10/h9-11H,4-8H2,1-3H3,(H2,14,15,17)/t9-,10-,11-/m0/s1. The summed E-state index contributed by atoms with van der Waals surface area (Å²) in [4.78, 5) is 23.4. The van der Waals surface area contributed by atoms with Crippen LogP contribution < -0.4 is 10.6 Å². The maximum atomic E-state index is 11.8. The molecule has 1 aliphatic heterocycles. The highest BCUT2D eigenvalue weighted by molar-refractivity contribution is 5.83. The van der Waals surface area contributed by atoms with E-state index in [9.17, 15) is 9.59 Å². The van der Waals surface area contributed by atoms with E-state index in [0.717, 1.165) is 25.9 Å². The maximum Gasteiger partial charge on any atom is 0.328 e. The summed E-state index contributed by atoms with van der Waals surface area (Å²) < 4.78 is 10.1. The SMILES string of the molecule is CC[C@H](C)[C@H](NC(=O)NC[C@@H]1CCCO1)C(=O)OC. The average Bonchev–Trinajstić information content (AvgIpc) is 2.94. The van der Waals surface area contributed by atoms with Crippen molar-refractivity contribution in [2.24, 2.45) is 5.92 Å². The number of rotatable bonds is 6. The van der Waals surface area contributed by atoms with Gasteiger partial charge in [-0.1, -0.05) is 20.3 Å². The van der Waals surface area contributed by atoms with Crippen LogP contribution in [0.15, 0.2) is 0 Å². The lowest BCUT2D eigenvalue weighted by atomic mass is 9.99. The Morgan fingerprint density at radius 1 is 1.47 bits per heavy atom. The molecule has 1 fully saturated rings. The number of ether oxygens (including phenoxy) is 2. The van der Waals surface area contributed by atoms with Gasteiger partial charge in [0.25, 0.3) is 0 Å². The first-order valence-corrected chi connectivity index (χ1v) is 6.82. The molecule has 0 aromatic heterocycles. The predicted octanol–water partition coefficient (Wildman–Crippen LogP) is 1.05. The van der Waals surface area contributed by atoms with Crippen LogP contribution in [0.1, 0.15) is 33.1 Å². The third-order valence-electron chi connectivity index (χ3n) is 3.47. The van der Waals surface area contributed by atoms with E-state index in [4.69, 9.17) is 9.47 Å².